The maximum atomic E-state index is 8.69. The monoisotopic (exact) mass is 252 g/mol. The Balaban J connectivity index is 1.89. The summed E-state index contributed by atoms with van der Waals surface area (Å²) < 4.78 is 2.12. The number of rotatable bonds is 3. The molecule has 1 aromatic carbocycles. The van der Waals surface area contributed by atoms with Gasteiger partial charge in [0.1, 0.15) is 0 Å². The summed E-state index contributed by atoms with van der Waals surface area (Å²) in [6, 6.07) is 10.7. The van der Waals surface area contributed by atoms with Crippen LogP contribution in [-0.4, -0.2) is 16.1 Å². The van der Waals surface area contributed by atoms with Crippen molar-refractivity contribution < 1.29 is 0 Å². The predicted molar refractivity (Wildman–Crippen MR) is 72.9 cm³/mol. The van der Waals surface area contributed by atoms with Crippen molar-refractivity contribution in [3.63, 3.8) is 0 Å². The van der Waals surface area contributed by atoms with Gasteiger partial charge < -0.3 is 9.88 Å². The third-order valence-electron chi connectivity index (χ3n) is 3.58. The molecule has 0 radical (unpaired) electrons. The Kier molecular flexibility index (Phi) is 3.30. The molecule has 0 aliphatic carbocycles. The molecule has 96 valence electrons. The van der Waals surface area contributed by atoms with Crippen LogP contribution in [0.4, 0.5) is 0 Å². The summed E-state index contributed by atoms with van der Waals surface area (Å²) >= 11 is 0. The maximum absolute atomic E-state index is 8.69. The SMILES string of the molecule is N#CCc1ccc(-n2cncc2[C@@H]2CCCN2)cc1. The van der Waals surface area contributed by atoms with Gasteiger partial charge in [0.2, 0.25) is 0 Å². The lowest BCUT2D eigenvalue weighted by atomic mass is 10.1. The summed E-state index contributed by atoms with van der Waals surface area (Å²) in [5.41, 5.74) is 3.36. The Bertz CT molecular complexity index is 585. The van der Waals surface area contributed by atoms with E-state index in [0.717, 1.165) is 24.2 Å². The van der Waals surface area contributed by atoms with Crippen LogP contribution < -0.4 is 5.32 Å². The summed E-state index contributed by atoms with van der Waals surface area (Å²) in [6.45, 7) is 1.08. The highest BCUT2D eigenvalue weighted by Crippen LogP contribution is 2.25. The molecule has 0 saturated carbocycles. The van der Waals surface area contributed by atoms with Gasteiger partial charge in [-0.1, -0.05) is 12.1 Å². The second-order valence-corrected chi connectivity index (χ2v) is 4.84. The maximum Gasteiger partial charge on any atom is 0.0994 e. The minimum atomic E-state index is 0.404. The fourth-order valence-corrected chi connectivity index (χ4v) is 2.58. The molecule has 4 heteroatoms. The van der Waals surface area contributed by atoms with Crippen molar-refractivity contribution in [2.75, 3.05) is 6.54 Å². The molecule has 2 aromatic rings. The van der Waals surface area contributed by atoms with E-state index >= 15 is 0 Å². The van der Waals surface area contributed by atoms with Crippen molar-refractivity contribution in [3.05, 3.63) is 48.0 Å². The Morgan fingerprint density at radius 2 is 2.21 bits per heavy atom. The lowest BCUT2D eigenvalue weighted by Crippen LogP contribution is -2.16. The van der Waals surface area contributed by atoms with Crippen molar-refractivity contribution in [2.45, 2.75) is 25.3 Å². The van der Waals surface area contributed by atoms with E-state index in [2.05, 4.69) is 20.9 Å². The fourth-order valence-electron chi connectivity index (χ4n) is 2.58. The van der Waals surface area contributed by atoms with Crippen molar-refractivity contribution in [1.82, 2.24) is 14.9 Å². The van der Waals surface area contributed by atoms with Gasteiger partial charge in [0.05, 0.1) is 30.7 Å². The second kappa shape index (κ2) is 5.25. The molecule has 0 spiro atoms. The van der Waals surface area contributed by atoms with Crippen molar-refractivity contribution >= 4 is 0 Å². The van der Waals surface area contributed by atoms with Crippen LogP contribution in [-0.2, 0) is 6.42 Å². The molecule has 1 N–H and O–H groups in total. The first-order chi connectivity index (χ1) is 9.38. The average Bonchev–Trinajstić information content (AvgIpc) is 3.11. The molecule has 1 atom stereocenters. The van der Waals surface area contributed by atoms with Gasteiger partial charge in [-0.15, -0.1) is 0 Å². The summed E-state index contributed by atoms with van der Waals surface area (Å²) in [7, 11) is 0. The minimum Gasteiger partial charge on any atom is -0.309 e. The normalized spacial score (nSPS) is 18.4. The van der Waals surface area contributed by atoms with E-state index in [1.807, 2.05) is 36.8 Å². The quantitative estimate of drug-likeness (QED) is 0.912. The van der Waals surface area contributed by atoms with Crippen LogP contribution >= 0.6 is 0 Å². The summed E-state index contributed by atoms with van der Waals surface area (Å²) in [5, 5.41) is 12.2. The van der Waals surface area contributed by atoms with Gasteiger partial charge in [-0.3, -0.25) is 0 Å². The van der Waals surface area contributed by atoms with Gasteiger partial charge in [-0.25, -0.2) is 4.98 Å². The van der Waals surface area contributed by atoms with Crippen LogP contribution in [0.1, 0.15) is 30.1 Å². The van der Waals surface area contributed by atoms with E-state index in [1.54, 1.807) is 0 Å². The van der Waals surface area contributed by atoms with Crippen LogP contribution in [0.15, 0.2) is 36.8 Å². The Morgan fingerprint density at radius 1 is 1.37 bits per heavy atom. The fraction of sp³-hybridized carbons (Fsp3) is 0.333. The molecule has 3 rings (SSSR count). The number of hydrogen-bond donors (Lipinski definition) is 1. The number of nitriles is 1. The molecule has 1 saturated heterocycles. The zero-order valence-corrected chi connectivity index (χ0v) is 10.7. The lowest BCUT2D eigenvalue weighted by Gasteiger charge is -2.14. The Hall–Kier alpha value is -2.12. The van der Waals surface area contributed by atoms with Gasteiger partial charge in [-0.2, -0.15) is 5.26 Å². The van der Waals surface area contributed by atoms with Gasteiger partial charge in [0.15, 0.2) is 0 Å². The third-order valence-corrected chi connectivity index (χ3v) is 3.58. The lowest BCUT2D eigenvalue weighted by molar-refractivity contribution is 0.615. The Labute approximate surface area is 112 Å². The summed E-state index contributed by atoms with van der Waals surface area (Å²) in [6.07, 6.45) is 6.64. The van der Waals surface area contributed by atoms with Crippen LogP contribution in [0.25, 0.3) is 5.69 Å². The van der Waals surface area contributed by atoms with Crippen LogP contribution in [0.2, 0.25) is 0 Å². The van der Waals surface area contributed by atoms with Crippen LogP contribution in [0.5, 0.6) is 0 Å². The van der Waals surface area contributed by atoms with E-state index in [-0.39, 0.29) is 0 Å². The van der Waals surface area contributed by atoms with E-state index < -0.39 is 0 Å². The summed E-state index contributed by atoms with van der Waals surface area (Å²) in [5.74, 6) is 0. The van der Waals surface area contributed by atoms with Crippen molar-refractivity contribution in [2.24, 2.45) is 0 Å². The number of aromatic nitrogens is 2. The molecule has 19 heavy (non-hydrogen) atoms. The van der Waals surface area contributed by atoms with Crippen molar-refractivity contribution in [3.8, 4) is 11.8 Å². The smallest absolute Gasteiger partial charge is 0.0994 e. The molecule has 0 amide bonds. The van der Waals surface area contributed by atoms with Gasteiger partial charge in [-0.05, 0) is 37.1 Å². The molecule has 1 aromatic heterocycles. The van der Waals surface area contributed by atoms with Gasteiger partial charge in [0.25, 0.3) is 0 Å². The molecule has 2 heterocycles. The standard InChI is InChI=1S/C15H16N4/c16-8-7-12-3-5-13(6-4-12)19-11-17-10-15(19)14-2-1-9-18-14/h3-6,10-11,14,18H,1-2,7,9H2/t14-/m0/s1. The molecule has 0 bridgehead atoms. The van der Waals surface area contributed by atoms with Crippen molar-refractivity contribution in [1.29, 1.82) is 5.26 Å². The van der Waals surface area contributed by atoms with Gasteiger partial charge >= 0.3 is 0 Å². The van der Waals surface area contributed by atoms with E-state index in [9.17, 15) is 0 Å². The molecule has 1 aliphatic rings. The average molecular weight is 252 g/mol. The van der Waals surface area contributed by atoms with E-state index in [0.29, 0.717) is 12.5 Å². The van der Waals surface area contributed by atoms with E-state index in [1.165, 1.54) is 12.1 Å². The molecular weight excluding hydrogens is 236 g/mol. The highest BCUT2D eigenvalue weighted by atomic mass is 15.1. The minimum absolute atomic E-state index is 0.404. The van der Waals surface area contributed by atoms with Crippen LogP contribution in [0, 0.1) is 11.3 Å². The van der Waals surface area contributed by atoms with Gasteiger partial charge in [0, 0.05) is 11.7 Å². The molecule has 0 unspecified atom stereocenters. The van der Waals surface area contributed by atoms with Crippen LogP contribution in [0.3, 0.4) is 0 Å². The Morgan fingerprint density at radius 3 is 2.89 bits per heavy atom. The summed E-state index contributed by atoms with van der Waals surface area (Å²) in [4.78, 5) is 4.27. The topological polar surface area (TPSA) is 53.6 Å². The first-order valence-corrected chi connectivity index (χ1v) is 6.60. The molecule has 1 aliphatic heterocycles. The number of nitrogens with zero attached hydrogens (tertiary/aromatic N) is 3. The molecule has 1 fully saturated rings. The number of imidazole rings is 1. The molecule has 4 nitrogen and oxygen atoms in total. The predicted octanol–water partition coefficient (Wildman–Crippen LogP) is 2.36. The number of benzene rings is 1. The zero-order chi connectivity index (χ0) is 13.1. The number of hydrogen-bond acceptors (Lipinski definition) is 3. The number of nitrogens with one attached hydrogen (secondary N) is 1. The first kappa shape index (κ1) is 11.9. The zero-order valence-electron chi connectivity index (χ0n) is 10.7. The highest BCUT2D eigenvalue weighted by molar-refractivity contribution is 5.37. The first-order valence-electron chi connectivity index (χ1n) is 6.60. The highest BCUT2D eigenvalue weighted by Gasteiger charge is 2.20. The molecular formula is C15H16N4. The second-order valence-electron chi connectivity index (χ2n) is 4.84. The largest absolute Gasteiger partial charge is 0.309 e. The van der Waals surface area contributed by atoms with E-state index in [4.69, 9.17) is 5.26 Å². The third kappa shape index (κ3) is 2.38.